The number of hydrogen-bond acceptors (Lipinski definition) is 3. The number of carbonyl (C=O) groups is 2. The topological polar surface area (TPSA) is 55.4 Å². The van der Waals surface area contributed by atoms with Gasteiger partial charge in [0.15, 0.2) is 6.61 Å². The molecule has 0 unspecified atom stereocenters. The lowest BCUT2D eigenvalue weighted by molar-refractivity contribution is -0.144. The molecule has 2 aromatic carbocycles. The van der Waals surface area contributed by atoms with Crippen molar-refractivity contribution in [2.45, 2.75) is 19.9 Å². The van der Waals surface area contributed by atoms with Crippen molar-refractivity contribution in [3.8, 4) is 0 Å². The Morgan fingerprint density at radius 2 is 1.84 bits per heavy atom. The van der Waals surface area contributed by atoms with Crippen LogP contribution in [0, 0.1) is 6.92 Å². The number of ether oxygens (including phenoxy) is 1. The van der Waals surface area contributed by atoms with Crippen LogP contribution < -0.4 is 5.32 Å². The van der Waals surface area contributed by atoms with Crippen molar-refractivity contribution in [3.05, 3.63) is 76.3 Å². The van der Waals surface area contributed by atoms with Gasteiger partial charge in [0.1, 0.15) is 0 Å². The van der Waals surface area contributed by atoms with Gasteiger partial charge >= 0.3 is 5.97 Å². The third kappa shape index (κ3) is 5.76. The summed E-state index contributed by atoms with van der Waals surface area (Å²) in [4.78, 5) is 23.6. The van der Waals surface area contributed by atoms with E-state index in [2.05, 4.69) is 5.32 Å². The maximum atomic E-state index is 11.9. The monoisotopic (exact) mass is 357 g/mol. The van der Waals surface area contributed by atoms with Gasteiger partial charge in [0.05, 0.1) is 6.04 Å². The molecule has 0 bridgehead atoms. The van der Waals surface area contributed by atoms with Gasteiger partial charge < -0.3 is 10.1 Å². The van der Waals surface area contributed by atoms with Crippen LogP contribution in [0.25, 0.3) is 6.08 Å². The summed E-state index contributed by atoms with van der Waals surface area (Å²) in [6, 6.07) is 14.7. The molecule has 1 N–H and O–H groups in total. The van der Waals surface area contributed by atoms with Gasteiger partial charge in [0, 0.05) is 11.1 Å². The maximum absolute atomic E-state index is 11.9. The van der Waals surface area contributed by atoms with Crippen LogP contribution >= 0.6 is 11.6 Å². The molecule has 0 aliphatic carbocycles. The molecule has 130 valence electrons. The molecule has 1 amide bonds. The molecular weight excluding hydrogens is 338 g/mol. The zero-order valence-electron chi connectivity index (χ0n) is 14.2. The first-order chi connectivity index (χ1) is 12.0. The van der Waals surface area contributed by atoms with Gasteiger partial charge in [-0.25, -0.2) is 4.79 Å². The molecular formula is C20H20ClNO3. The highest BCUT2D eigenvalue weighted by molar-refractivity contribution is 6.31. The summed E-state index contributed by atoms with van der Waals surface area (Å²) in [6.45, 7) is 3.43. The van der Waals surface area contributed by atoms with E-state index in [1.807, 2.05) is 56.3 Å². The first-order valence-corrected chi connectivity index (χ1v) is 8.29. The van der Waals surface area contributed by atoms with Crippen molar-refractivity contribution in [3.63, 3.8) is 0 Å². The zero-order valence-corrected chi connectivity index (χ0v) is 14.9. The van der Waals surface area contributed by atoms with E-state index in [0.29, 0.717) is 5.02 Å². The van der Waals surface area contributed by atoms with Gasteiger partial charge in [-0.1, -0.05) is 54.1 Å². The second-order valence-electron chi connectivity index (χ2n) is 5.61. The average Bonchev–Trinajstić information content (AvgIpc) is 2.59. The first kappa shape index (κ1) is 18.7. The van der Waals surface area contributed by atoms with Crippen LogP contribution in [-0.2, 0) is 14.3 Å². The molecule has 0 spiro atoms. The number of nitrogens with one attached hydrogen (secondary N) is 1. The van der Waals surface area contributed by atoms with E-state index >= 15 is 0 Å². The van der Waals surface area contributed by atoms with Crippen LogP contribution in [0.1, 0.15) is 29.7 Å². The summed E-state index contributed by atoms with van der Waals surface area (Å²) < 4.78 is 4.96. The Hall–Kier alpha value is -2.59. The molecule has 2 aromatic rings. The molecule has 0 radical (unpaired) electrons. The summed E-state index contributed by atoms with van der Waals surface area (Å²) in [5.74, 6) is -0.950. The van der Waals surface area contributed by atoms with E-state index in [1.165, 1.54) is 6.08 Å². The fourth-order valence-corrected chi connectivity index (χ4v) is 2.60. The van der Waals surface area contributed by atoms with E-state index in [-0.39, 0.29) is 18.6 Å². The number of rotatable bonds is 6. The molecule has 1 atom stereocenters. The third-order valence-electron chi connectivity index (χ3n) is 3.68. The largest absolute Gasteiger partial charge is 0.452 e. The summed E-state index contributed by atoms with van der Waals surface area (Å²) in [7, 11) is 0. The van der Waals surface area contributed by atoms with Crippen LogP contribution in [0.2, 0.25) is 5.02 Å². The van der Waals surface area contributed by atoms with E-state index in [0.717, 1.165) is 16.7 Å². The molecule has 5 heteroatoms. The number of halogens is 1. The average molecular weight is 358 g/mol. The molecule has 2 rings (SSSR count). The van der Waals surface area contributed by atoms with Gasteiger partial charge in [0.25, 0.3) is 5.91 Å². The minimum Gasteiger partial charge on any atom is -0.452 e. The number of esters is 1. The summed E-state index contributed by atoms with van der Waals surface area (Å²) in [6.07, 6.45) is 2.98. The van der Waals surface area contributed by atoms with Crippen molar-refractivity contribution in [1.82, 2.24) is 5.32 Å². The maximum Gasteiger partial charge on any atom is 0.331 e. The van der Waals surface area contributed by atoms with E-state index in [9.17, 15) is 9.59 Å². The summed E-state index contributed by atoms with van der Waals surface area (Å²) in [5, 5.41) is 3.33. The molecule has 0 heterocycles. The van der Waals surface area contributed by atoms with Crippen LogP contribution in [0.4, 0.5) is 0 Å². The molecule has 0 aliphatic heterocycles. The minimum absolute atomic E-state index is 0.276. The van der Waals surface area contributed by atoms with Crippen LogP contribution in [0.3, 0.4) is 0 Å². The van der Waals surface area contributed by atoms with Gasteiger partial charge in [-0.3, -0.25) is 4.79 Å². The Balaban J connectivity index is 1.82. The fraction of sp³-hybridized carbons (Fsp3) is 0.200. The molecule has 25 heavy (non-hydrogen) atoms. The second-order valence-corrected chi connectivity index (χ2v) is 6.02. The standard InChI is InChI=1S/C20H20ClNO3/c1-14-7-3-4-8-16(14)11-12-20(24)25-13-19(23)22-15(2)17-9-5-6-10-18(17)21/h3-12,15H,13H2,1-2H3,(H,22,23)/b12-11+/t15-/m0/s1. The first-order valence-electron chi connectivity index (χ1n) is 7.91. The number of carbonyl (C=O) groups excluding carboxylic acids is 2. The van der Waals surface area contributed by atoms with Crippen molar-refractivity contribution in [2.24, 2.45) is 0 Å². The summed E-state index contributed by atoms with van der Waals surface area (Å²) >= 11 is 6.10. The van der Waals surface area contributed by atoms with E-state index < -0.39 is 5.97 Å². The van der Waals surface area contributed by atoms with Crippen LogP contribution in [0.15, 0.2) is 54.6 Å². The number of hydrogen-bond donors (Lipinski definition) is 1. The molecule has 0 saturated heterocycles. The Bertz CT molecular complexity index is 786. The normalized spacial score (nSPS) is 12.0. The van der Waals surface area contributed by atoms with Crippen molar-refractivity contribution < 1.29 is 14.3 Å². The van der Waals surface area contributed by atoms with E-state index in [4.69, 9.17) is 16.3 Å². The third-order valence-corrected chi connectivity index (χ3v) is 4.03. The van der Waals surface area contributed by atoms with Crippen molar-refractivity contribution >= 4 is 29.6 Å². The van der Waals surface area contributed by atoms with Crippen LogP contribution in [-0.4, -0.2) is 18.5 Å². The van der Waals surface area contributed by atoms with Crippen molar-refractivity contribution in [2.75, 3.05) is 6.61 Å². The summed E-state index contributed by atoms with van der Waals surface area (Å²) in [5.41, 5.74) is 2.79. The quantitative estimate of drug-likeness (QED) is 0.626. The highest BCUT2D eigenvalue weighted by Crippen LogP contribution is 2.21. The molecule has 4 nitrogen and oxygen atoms in total. The SMILES string of the molecule is Cc1ccccc1/C=C/C(=O)OCC(=O)N[C@@H](C)c1ccccc1Cl. The molecule has 0 fully saturated rings. The Morgan fingerprint density at radius 1 is 1.16 bits per heavy atom. The predicted octanol–water partition coefficient (Wildman–Crippen LogP) is 4.08. The highest BCUT2D eigenvalue weighted by Gasteiger charge is 2.13. The molecule has 0 saturated carbocycles. The molecule has 0 aliphatic rings. The van der Waals surface area contributed by atoms with Gasteiger partial charge in [0.2, 0.25) is 0 Å². The number of amides is 1. The lowest BCUT2D eigenvalue weighted by atomic mass is 10.1. The van der Waals surface area contributed by atoms with Gasteiger partial charge in [-0.2, -0.15) is 0 Å². The lowest BCUT2D eigenvalue weighted by Gasteiger charge is -2.15. The fourth-order valence-electron chi connectivity index (χ4n) is 2.30. The number of benzene rings is 2. The minimum atomic E-state index is -0.566. The predicted molar refractivity (Wildman–Crippen MR) is 99.2 cm³/mol. The molecule has 0 aromatic heterocycles. The van der Waals surface area contributed by atoms with E-state index in [1.54, 1.807) is 12.1 Å². The Morgan fingerprint density at radius 3 is 2.56 bits per heavy atom. The Kier molecular flexibility index (Phi) is 6.78. The smallest absolute Gasteiger partial charge is 0.331 e. The zero-order chi connectivity index (χ0) is 18.2. The van der Waals surface area contributed by atoms with Crippen molar-refractivity contribution in [1.29, 1.82) is 0 Å². The Labute approximate surface area is 152 Å². The van der Waals surface area contributed by atoms with Crippen LogP contribution in [0.5, 0.6) is 0 Å². The lowest BCUT2D eigenvalue weighted by Crippen LogP contribution is -2.31. The highest BCUT2D eigenvalue weighted by atomic mass is 35.5. The second kappa shape index (κ2) is 9.04. The van der Waals surface area contributed by atoms with Gasteiger partial charge in [-0.15, -0.1) is 0 Å². The van der Waals surface area contributed by atoms with Gasteiger partial charge in [-0.05, 0) is 42.7 Å². The number of aryl methyl sites for hydroxylation is 1.